The second-order valence-corrected chi connectivity index (χ2v) is 6.12. The van der Waals surface area contributed by atoms with Crippen LogP contribution in [0.2, 0.25) is 0 Å². The van der Waals surface area contributed by atoms with Gasteiger partial charge < -0.3 is 4.74 Å². The summed E-state index contributed by atoms with van der Waals surface area (Å²) in [6.07, 6.45) is 4.08. The Kier molecular flexibility index (Phi) is 6.19. The van der Waals surface area contributed by atoms with Gasteiger partial charge in [0.25, 0.3) is 11.6 Å². The number of rotatable bonds is 8. The van der Waals surface area contributed by atoms with E-state index in [9.17, 15) is 14.9 Å². The molecule has 8 nitrogen and oxygen atoms in total. The molecule has 24 heavy (non-hydrogen) atoms. The smallest absolute Gasteiger partial charge is 0.270 e. The van der Waals surface area contributed by atoms with Crippen molar-refractivity contribution in [1.82, 2.24) is 10.2 Å². The largest absolute Gasteiger partial charge is 0.496 e. The predicted molar refractivity (Wildman–Crippen MR) is 90.7 cm³/mol. The molecule has 2 rings (SSSR count). The Morgan fingerprint density at radius 1 is 1.38 bits per heavy atom. The molecule has 2 aromatic rings. The summed E-state index contributed by atoms with van der Waals surface area (Å²) in [5.74, 6) is -0.266. The van der Waals surface area contributed by atoms with E-state index in [1.807, 2.05) is 0 Å². The number of aryl methyl sites for hydroxylation is 1. The third kappa shape index (κ3) is 4.48. The number of hydrogen-bond acceptors (Lipinski definition) is 7. The SMILES string of the molecule is CCCCCc1nnc(NC(=O)c2cc([N+](=O)[O-])ccc2OC)s1. The van der Waals surface area contributed by atoms with Crippen LogP contribution in [-0.4, -0.2) is 28.1 Å². The Morgan fingerprint density at radius 3 is 2.83 bits per heavy atom. The minimum atomic E-state index is -0.562. The third-order valence-electron chi connectivity index (χ3n) is 3.32. The van der Waals surface area contributed by atoms with Gasteiger partial charge in [-0.3, -0.25) is 20.2 Å². The molecule has 1 heterocycles. The van der Waals surface area contributed by atoms with Gasteiger partial charge in [-0.2, -0.15) is 0 Å². The van der Waals surface area contributed by atoms with Gasteiger partial charge in [0, 0.05) is 18.6 Å². The van der Waals surface area contributed by atoms with Gasteiger partial charge in [-0.1, -0.05) is 31.1 Å². The van der Waals surface area contributed by atoms with Crippen molar-refractivity contribution < 1.29 is 14.5 Å². The van der Waals surface area contributed by atoms with Crippen molar-refractivity contribution in [2.75, 3.05) is 12.4 Å². The summed E-state index contributed by atoms with van der Waals surface area (Å²) in [5.41, 5.74) is -0.104. The van der Waals surface area contributed by atoms with E-state index in [2.05, 4.69) is 22.4 Å². The highest BCUT2D eigenvalue weighted by Crippen LogP contribution is 2.26. The monoisotopic (exact) mass is 350 g/mol. The Hall–Kier alpha value is -2.55. The first kappa shape index (κ1) is 17.8. The number of carbonyl (C=O) groups is 1. The fourth-order valence-corrected chi connectivity index (χ4v) is 2.86. The average molecular weight is 350 g/mol. The number of hydrogen-bond donors (Lipinski definition) is 1. The maximum atomic E-state index is 12.4. The van der Waals surface area contributed by atoms with Gasteiger partial charge in [0.05, 0.1) is 17.6 Å². The van der Waals surface area contributed by atoms with Crippen molar-refractivity contribution in [2.45, 2.75) is 32.6 Å². The maximum absolute atomic E-state index is 12.4. The highest BCUT2D eigenvalue weighted by Gasteiger charge is 2.19. The van der Waals surface area contributed by atoms with Crippen LogP contribution in [0.4, 0.5) is 10.8 Å². The second-order valence-electron chi connectivity index (χ2n) is 5.05. The lowest BCUT2D eigenvalue weighted by atomic mass is 10.1. The van der Waals surface area contributed by atoms with Crippen LogP contribution < -0.4 is 10.1 Å². The summed E-state index contributed by atoms with van der Waals surface area (Å²) in [6, 6.07) is 3.85. The number of unbranched alkanes of at least 4 members (excludes halogenated alkanes) is 2. The van der Waals surface area contributed by atoms with Crippen molar-refractivity contribution in [3.05, 3.63) is 38.9 Å². The molecule has 0 radical (unpaired) electrons. The van der Waals surface area contributed by atoms with Crippen LogP contribution in [0, 0.1) is 10.1 Å². The third-order valence-corrected chi connectivity index (χ3v) is 4.22. The predicted octanol–water partition coefficient (Wildman–Crippen LogP) is 3.44. The van der Waals surface area contributed by atoms with E-state index in [4.69, 9.17) is 4.74 Å². The van der Waals surface area contributed by atoms with Gasteiger partial charge in [0.1, 0.15) is 10.8 Å². The van der Waals surface area contributed by atoms with Gasteiger partial charge in [0.15, 0.2) is 0 Å². The van der Waals surface area contributed by atoms with E-state index >= 15 is 0 Å². The van der Waals surface area contributed by atoms with Crippen molar-refractivity contribution in [3.63, 3.8) is 0 Å². The minimum absolute atomic E-state index is 0.0782. The van der Waals surface area contributed by atoms with Crippen LogP contribution in [0.5, 0.6) is 5.75 Å². The van der Waals surface area contributed by atoms with Crippen LogP contribution in [-0.2, 0) is 6.42 Å². The van der Waals surface area contributed by atoms with E-state index in [0.717, 1.165) is 30.7 Å². The number of carbonyl (C=O) groups excluding carboxylic acids is 1. The summed E-state index contributed by atoms with van der Waals surface area (Å²) in [7, 11) is 1.40. The summed E-state index contributed by atoms with van der Waals surface area (Å²) < 4.78 is 5.09. The molecule has 0 unspecified atom stereocenters. The molecular weight excluding hydrogens is 332 g/mol. The van der Waals surface area contributed by atoms with E-state index in [1.165, 1.54) is 36.6 Å². The lowest BCUT2D eigenvalue weighted by molar-refractivity contribution is -0.384. The highest BCUT2D eigenvalue weighted by atomic mass is 32.1. The van der Waals surface area contributed by atoms with Crippen LogP contribution in [0.1, 0.15) is 41.6 Å². The molecule has 1 amide bonds. The number of ether oxygens (including phenoxy) is 1. The summed E-state index contributed by atoms with van der Waals surface area (Å²) in [4.78, 5) is 22.7. The number of nitrogens with one attached hydrogen (secondary N) is 1. The van der Waals surface area contributed by atoms with Gasteiger partial charge >= 0.3 is 0 Å². The summed E-state index contributed by atoms with van der Waals surface area (Å²) in [5, 5.41) is 22.7. The quantitative estimate of drug-likeness (QED) is 0.444. The van der Waals surface area contributed by atoms with Gasteiger partial charge in [-0.05, 0) is 12.5 Å². The topological polar surface area (TPSA) is 107 Å². The standard InChI is InChI=1S/C15H18N4O4S/c1-3-4-5-6-13-17-18-15(24-13)16-14(20)11-9-10(19(21)22)7-8-12(11)23-2/h7-9H,3-6H2,1-2H3,(H,16,18,20). The number of non-ortho nitro benzene ring substituents is 1. The van der Waals surface area contributed by atoms with Gasteiger partial charge in [-0.25, -0.2) is 0 Å². The van der Waals surface area contributed by atoms with Crippen LogP contribution in [0.15, 0.2) is 18.2 Å². The van der Waals surface area contributed by atoms with Crippen molar-refractivity contribution in [2.24, 2.45) is 0 Å². The average Bonchev–Trinajstić information content (AvgIpc) is 3.01. The molecule has 0 aliphatic heterocycles. The molecule has 0 fully saturated rings. The molecule has 9 heteroatoms. The number of nitrogens with zero attached hydrogens (tertiary/aromatic N) is 3. The number of nitro groups is 1. The molecular formula is C15H18N4O4S. The lowest BCUT2D eigenvalue weighted by Crippen LogP contribution is -2.13. The Bertz CT molecular complexity index is 732. The van der Waals surface area contributed by atoms with Gasteiger partial charge in [0.2, 0.25) is 5.13 Å². The molecule has 0 spiro atoms. The fraction of sp³-hybridized carbons (Fsp3) is 0.400. The lowest BCUT2D eigenvalue weighted by Gasteiger charge is -2.07. The zero-order valence-electron chi connectivity index (χ0n) is 13.4. The minimum Gasteiger partial charge on any atom is -0.496 e. The first-order chi connectivity index (χ1) is 11.5. The summed E-state index contributed by atoms with van der Waals surface area (Å²) in [6.45, 7) is 2.12. The van der Waals surface area contributed by atoms with E-state index in [1.54, 1.807) is 0 Å². The normalized spacial score (nSPS) is 10.4. The fourth-order valence-electron chi connectivity index (χ4n) is 2.08. The maximum Gasteiger partial charge on any atom is 0.270 e. The number of anilines is 1. The Labute approximate surface area is 143 Å². The number of nitro benzene ring substituents is 1. The number of aromatic nitrogens is 2. The summed E-state index contributed by atoms with van der Waals surface area (Å²) >= 11 is 1.30. The first-order valence-electron chi connectivity index (χ1n) is 7.51. The number of amides is 1. The van der Waals surface area contributed by atoms with E-state index < -0.39 is 10.8 Å². The van der Waals surface area contributed by atoms with Crippen LogP contribution >= 0.6 is 11.3 Å². The molecule has 1 aromatic carbocycles. The zero-order chi connectivity index (χ0) is 17.5. The van der Waals surface area contributed by atoms with Crippen LogP contribution in [0.3, 0.4) is 0 Å². The van der Waals surface area contributed by atoms with Crippen molar-refractivity contribution in [1.29, 1.82) is 0 Å². The molecule has 1 aromatic heterocycles. The molecule has 0 saturated heterocycles. The number of benzene rings is 1. The molecule has 0 aliphatic rings. The Balaban J connectivity index is 2.12. The van der Waals surface area contributed by atoms with Gasteiger partial charge in [-0.15, -0.1) is 10.2 Å². The molecule has 128 valence electrons. The zero-order valence-corrected chi connectivity index (χ0v) is 14.3. The van der Waals surface area contributed by atoms with E-state index in [0.29, 0.717) is 5.13 Å². The molecule has 0 aliphatic carbocycles. The molecule has 0 bridgehead atoms. The van der Waals surface area contributed by atoms with E-state index in [-0.39, 0.29) is 17.0 Å². The number of methoxy groups -OCH3 is 1. The molecule has 1 N–H and O–H groups in total. The van der Waals surface area contributed by atoms with Crippen LogP contribution in [0.25, 0.3) is 0 Å². The first-order valence-corrected chi connectivity index (χ1v) is 8.33. The Morgan fingerprint density at radius 2 is 2.17 bits per heavy atom. The molecule has 0 saturated carbocycles. The van der Waals surface area contributed by atoms with Crippen molar-refractivity contribution >= 4 is 28.1 Å². The molecule has 0 atom stereocenters. The highest BCUT2D eigenvalue weighted by molar-refractivity contribution is 7.15. The van der Waals surface area contributed by atoms with Crippen molar-refractivity contribution in [3.8, 4) is 5.75 Å². The second kappa shape index (κ2) is 8.34.